The van der Waals surface area contributed by atoms with Gasteiger partial charge in [-0.25, -0.2) is 0 Å². The van der Waals surface area contributed by atoms with E-state index in [1.54, 1.807) is 38.5 Å². The lowest BCUT2D eigenvalue weighted by Gasteiger charge is -2.10. The second-order valence-corrected chi connectivity index (χ2v) is 5.21. The Morgan fingerprint density at radius 3 is 2.40 bits per heavy atom. The molecule has 0 N–H and O–H groups in total. The highest BCUT2D eigenvalue weighted by Gasteiger charge is 2.15. The number of hydrogen-bond acceptors (Lipinski definition) is 3. The lowest BCUT2D eigenvalue weighted by molar-refractivity contribution is 0.103. The highest BCUT2D eigenvalue weighted by molar-refractivity contribution is 9.10. The van der Waals surface area contributed by atoms with Crippen LogP contribution in [0, 0.1) is 6.92 Å². The molecule has 0 unspecified atom stereocenters. The summed E-state index contributed by atoms with van der Waals surface area (Å²) in [6.07, 6.45) is 0. The number of benzene rings is 2. The largest absolute Gasteiger partial charge is 0.497 e. The number of carbonyl (C=O) groups excluding carboxylic acids is 1. The van der Waals surface area contributed by atoms with Crippen LogP contribution >= 0.6 is 15.9 Å². The van der Waals surface area contributed by atoms with Crippen LogP contribution in [0.5, 0.6) is 11.5 Å². The molecule has 2 aromatic rings. The predicted octanol–water partition coefficient (Wildman–Crippen LogP) is 4.01. The van der Waals surface area contributed by atoms with Crippen molar-refractivity contribution in [1.29, 1.82) is 0 Å². The molecule has 0 heterocycles. The average Bonchev–Trinajstić information content (AvgIpc) is 2.48. The van der Waals surface area contributed by atoms with Gasteiger partial charge in [0.05, 0.1) is 19.8 Å². The van der Waals surface area contributed by atoms with Crippen LogP contribution < -0.4 is 9.47 Å². The molecule has 0 amide bonds. The normalized spacial score (nSPS) is 10.2. The molecule has 2 rings (SSSR count). The van der Waals surface area contributed by atoms with Crippen molar-refractivity contribution in [3.8, 4) is 11.5 Å². The van der Waals surface area contributed by atoms with E-state index >= 15 is 0 Å². The summed E-state index contributed by atoms with van der Waals surface area (Å²) < 4.78 is 11.4. The van der Waals surface area contributed by atoms with E-state index in [0.29, 0.717) is 22.6 Å². The third-order valence-corrected chi connectivity index (χ3v) is 3.96. The topological polar surface area (TPSA) is 35.5 Å². The molecule has 0 aliphatic carbocycles. The Hall–Kier alpha value is -1.81. The molecule has 4 heteroatoms. The van der Waals surface area contributed by atoms with Gasteiger partial charge in [0.25, 0.3) is 0 Å². The smallest absolute Gasteiger partial charge is 0.196 e. The van der Waals surface area contributed by atoms with Gasteiger partial charge in [-0.05, 0) is 42.8 Å². The highest BCUT2D eigenvalue weighted by Crippen LogP contribution is 2.27. The fraction of sp³-hybridized carbons (Fsp3) is 0.188. The second-order valence-electron chi connectivity index (χ2n) is 4.36. The summed E-state index contributed by atoms with van der Waals surface area (Å²) in [5.74, 6) is 1.10. The fourth-order valence-corrected chi connectivity index (χ4v) is 2.17. The molecule has 0 saturated heterocycles. The molecule has 0 aliphatic heterocycles. The Morgan fingerprint density at radius 2 is 1.80 bits per heavy atom. The first kappa shape index (κ1) is 14.6. The zero-order valence-corrected chi connectivity index (χ0v) is 13.2. The maximum Gasteiger partial charge on any atom is 0.196 e. The monoisotopic (exact) mass is 334 g/mol. The number of ketones is 1. The van der Waals surface area contributed by atoms with Gasteiger partial charge in [-0.1, -0.05) is 15.9 Å². The molecular formula is C16H15BrO3. The van der Waals surface area contributed by atoms with Gasteiger partial charge in [0.1, 0.15) is 11.5 Å². The van der Waals surface area contributed by atoms with Crippen molar-refractivity contribution >= 4 is 21.7 Å². The van der Waals surface area contributed by atoms with Crippen molar-refractivity contribution in [3.63, 3.8) is 0 Å². The van der Waals surface area contributed by atoms with Crippen molar-refractivity contribution in [3.05, 3.63) is 57.6 Å². The molecule has 0 bridgehead atoms. The molecule has 0 saturated carbocycles. The average molecular weight is 335 g/mol. The number of hydrogen-bond donors (Lipinski definition) is 0. The van der Waals surface area contributed by atoms with Crippen LogP contribution in [0.25, 0.3) is 0 Å². The van der Waals surface area contributed by atoms with E-state index in [1.165, 1.54) is 0 Å². The van der Waals surface area contributed by atoms with E-state index in [9.17, 15) is 4.79 Å². The third kappa shape index (κ3) is 2.85. The van der Waals surface area contributed by atoms with Gasteiger partial charge in [0.15, 0.2) is 5.78 Å². The van der Waals surface area contributed by atoms with Gasteiger partial charge < -0.3 is 9.47 Å². The highest BCUT2D eigenvalue weighted by atomic mass is 79.9. The van der Waals surface area contributed by atoms with Crippen LogP contribution in [0.15, 0.2) is 40.9 Å². The molecule has 104 valence electrons. The van der Waals surface area contributed by atoms with Crippen LogP contribution in [0.3, 0.4) is 0 Å². The van der Waals surface area contributed by atoms with Gasteiger partial charge in [0.2, 0.25) is 0 Å². The SMILES string of the molecule is COc1ccc(C(=O)c2ccc(Br)c(C)c2)c(OC)c1. The lowest BCUT2D eigenvalue weighted by atomic mass is 10.0. The second kappa shape index (κ2) is 6.09. The fourth-order valence-electron chi connectivity index (χ4n) is 1.93. The number of rotatable bonds is 4. The first-order chi connectivity index (χ1) is 9.56. The van der Waals surface area contributed by atoms with Crippen LogP contribution in [0.1, 0.15) is 21.5 Å². The van der Waals surface area contributed by atoms with Gasteiger partial charge in [-0.3, -0.25) is 4.79 Å². The number of halogens is 1. The van der Waals surface area contributed by atoms with Crippen LogP contribution in [-0.4, -0.2) is 20.0 Å². The van der Waals surface area contributed by atoms with E-state index in [0.717, 1.165) is 10.0 Å². The first-order valence-corrected chi connectivity index (χ1v) is 6.89. The minimum absolute atomic E-state index is 0.0693. The molecule has 0 atom stereocenters. The summed E-state index contributed by atoms with van der Waals surface area (Å²) in [7, 11) is 3.12. The van der Waals surface area contributed by atoms with Crippen LogP contribution in [0.4, 0.5) is 0 Å². The summed E-state index contributed by atoms with van der Waals surface area (Å²) in [4.78, 5) is 12.6. The Morgan fingerprint density at radius 1 is 1.05 bits per heavy atom. The van der Waals surface area contributed by atoms with E-state index in [-0.39, 0.29) is 5.78 Å². The van der Waals surface area contributed by atoms with Gasteiger partial charge in [-0.15, -0.1) is 0 Å². The van der Waals surface area contributed by atoms with Crippen LogP contribution in [0.2, 0.25) is 0 Å². The van der Waals surface area contributed by atoms with Crippen molar-refractivity contribution in [2.24, 2.45) is 0 Å². The Balaban J connectivity index is 2.44. The number of methoxy groups -OCH3 is 2. The van der Waals surface area contributed by atoms with Crippen molar-refractivity contribution in [2.45, 2.75) is 6.92 Å². The molecule has 3 nitrogen and oxygen atoms in total. The molecule has 2 aromatic carbocycles. The van der Waals surface area contributed by atoms with Gasteiger partial charge in [0, 0.05) is 16.1 Å². The number of carbonyl (C=O) groups is 1. The summed E-state index contributed by atoms with van der Waals surface area (Å²) >= 11 is 3.43. The molecule has 0 radical (unpaired) electrons. The van der Waals surface area contributed by atoms with Gasteiger partial charge >= 0.3 is 0 Å². The van der Waals surface area contributed by atoms with Crippen molar-refractivity contribution in [2.75, 3.05) is 14.2 Å². The van der Waals surface area contributed by atoms with E-state index in [1.807, 2.05) is 19.1 Å². The van der Waals surface area contributed by atoms with Gasteiger partial charge in [-0.2, -0.15) is 0 Å². The van der Waals surface area contributed by atoms with Crippen LogP contribution in [-0.2, 0) is 0 Å². The third-order valence-electron chi connectivity index (χ3n) is 3.07. The van der Waals surface area contributed by atoms with E-state index < -0.39 is 0 Å². The Kier molecular flexibility index (Phi) is 4.45. The molecular weight excluding hydrogens is 320 g/mol. The minimum Gasteiger partial charge on any atom is -0.497 e. The summed E-state index contributed by atoms with van der Waals surface area (Å²) in [6, 6.07) is 10.7. The van der Waals surface area contributed by atoms with E-state index in [2.05, 4.69) is 15.9 Å². The lowest BCUT2D eigenvalue weighted by Crippen LogP contribution is -2.04. The molecule has 0 aliphatic rings. The number of ether oxygens (including phenoxy) is 2. The zero-order valence-electron chi connectivity index (χ0n) is 11.6. The summed E-state index contributed by atoms with van der Waals surface area (Å²) in [5, 5.41) is 0. The number of aryl methyl sites for hydroxylation is 1. The Bertz CT molecular complexity index is 650. The predicted molar refractivity (Wildman–Crippen MR) is 81.9 cm³/mol. The molecule has 0 aromatic heterocycles. The maximum atomic E-state index is 12.6. The molecule has 20 heavy (non-hydrogen) atoms. The van der Waals surface area contributed by atoms with Crippen molar-refractivity contribution in [1.82, 2.24) is 0 Å². The maximum absolute atomic E-state index is 12.6. The summed E-state index contributed by atoms with van der Waals surface area (Å²) in [5.41, 5.74) is 2.17. The van der Waals surface area contributed by atoms with Crippen molar-refractivity contribution < 1.29 is 14.3 Å². The Labute approximate surface area is 126 Å². The standard InChI is InChI=1S/C16H15BrO3/c1-10-8-11(4-7-14(10)17)16(18)13-6-5-12(19-2)9-15(13)20-3/h4-9H,1-3H3. The quantitative estimate of drug-likeness (QED) is 0.792. The summed E-state index contributed by atoms with van der Waals surface area (Å²) in [6.45, 7) is 1.95. The molecule has 0 spiro atoms. The minimum atomic E-state index is -0.0693. The van der Waals surface area contributed by atoms with E-state index in [4.69, 9.17) is 9.47 Å². The first-order valence-electron chi connectivity index (χ1n) is 6.09. The zero-order chi connectivity index (χ0) is 14.7. The molecule has 0 fully saturated rings.